The second-order valence-corrected chi connectivity index (χ2v) is 7.64. The number of hydrogen-bond acceptors (Lipinski definition) is 4. The molecule has 1 amide bonds. The van der Waals surface area contributed by atoms with Gasteiger partial charge in [-0.3, -0.25) is 4.79 Å². The quantitative estimate of drug-likeness (QED) is 0.595. The summed E-state index contributed by atoms with van der Waals surface area (Å²) in [6.07, 6.45) is 0. The van der Waals surface area contributed by atoms with E-state index in [9.17, 15) is 4.79 Å². The van der Waals surface area contributed by atoms with E-state index < -0.39 is 0 Å². The summed E-state index contributed by atoms with van der Waals surface area (Å²) in [4.78, 5) is 16.6. The van der Waals surface area contributed by atoms with E-state index in [0.717, 1.165) is 22.6 Å². The van der Waals surface area contributed by atoms with Gasteiger partial charge in [0.05, 0.1) is 11.4 Å². The maximum Gasteiger partial charge on any atom is 0.230 e. The molecule has 0 aliphatic rings. The lowest BCUT2D eigenvalue weighted by atomic mass is 10.1. The summed E-state index contributed by atoms with van der Waals surface area (Å²) in [7, 11) is 0. The topological polar surface area (TPSA) is 55.1 Å². The molecular weight excluding hydrogens is 380 g/mol. The highest BCUT2D eigenvalue weighted by molar-refractivity contribution is 7.99. The molecule has 2 aromatic carbocycles. The first kappa shape index (κ1) is 19.5. The van der Waals surface area contributed by atoms with E-state index in [4.69, 9.17) is 16.0 Å². The third-order valence-electron chi connectivity index (χ3n) is 4.10. The van der Waals surface area contributed by atoms with Crippen molar-refractivity contribution in [1.29, 1.82) is 0 Å². The average Bonchev–Trinajstić information content (AvgIpc) is 3.02. The third-order valence-corrected chi connectivity index (χ3v) is 5.41. The summed E-state index contributed by atoms with van der Waals surface area (Å²) < 4.78 is 5.78. The lowest BCUT2D eigenvalue weighted by Gasteiger charge is -2.06. The van der Waals surface area contributed by atoms with Gasteiger partial charge in [-0.05, 0) is 37.6 Å². The molecule has 3 rings (SSSR count). The molecule has 0 fully saturated rings. The smallest absolute Gasteiger partial charge is 0.230 e. The minimum absolute atomic E-state index is 0.0279. The van der Waals surface area contributed by atoms with E-state index in [1.807, 2.05) is 62.4 Å². The Morgan fingerprint density at radius 2 is 1.89 bits per heavy atom. The molecule has 0 atom stereocenters. The molecule has 0 unspecified atom stereocenters. The fourth-order valence-corrected chi connectivity index (χ4v) is 3.56. The highest BCUT2D eigenvalue weighted by Gasteiger charge is 2.12. The van der Waals surface area contributed by atoms with Crippen molar-refractivity contribution in [1.82, 2.24) is 10.3 Å². The summed E-state index contributed by atoms with van der Waals surface area (Å²) in [6.45, 7) is 4.38. The largest absolute Gasteiger partial charge is 0.441 e. The van der Waals surface area contributed by atoms with Crippen molar-refractivity contribution in [3.05, 3.63) is 76.1 Å². The van der Waals surface area contributed by atoms with Crippen molar-refractivity contribution in [2.24, 2.45) is 0 Å². The standard InChI is InChI=1S/C21H21ClN2O2S/c1-14-7-9-16(10-8-14)21-24-19(15(2)26-21)12-27-13-20(25)23-11-17-5-3-4-6-18(17)22/h3-10H,11-13H2,1-2H3,(H,23,25). The van der Waals surface area contributed by atoms with Gasteiger partial charge >= 0.3 is 0 Å². The number of thioether (sulfide) groups is 1. The Bertz CT molecular complexity index is 922. The molecular formula is C21H21ClN2O2S. The molecule has 6 heteroatoms. The van der Waals surface area contributed by atoms with Gasteiger partial charge in [0, 0.05) is 22.9 Å². The second kappa shape index (κ2) is 9.11. The van der Waals surface area contributed by atoms with Gasteiger partial charge in [-0.25, -0.2) is 4.98 Å². The minimum atomic E-state index is -0.0279. The molecule has 3 aromatic rings. The van der Waals surface area contributed by atoms with Crippen LogP contribution in [0.3, 0.4) is 0 Å². The number of carbonyl (C=O) groups is 1. The zero-order valence-corrected chi connectivity index (χ0v) is 16.9. The summed E-state index contributed by atoms with van der Waals surface area (Å²) in [5, 5.41) is 3.55. The van der Waals surface area contributed by atoms with Gasteiger partial charge in [-0.1, -0.05) is 47.5 Å². The van der Waals surface area contributed by atoms with Gasteiger partial charge < -0.3 is 9.73 Å². The summed E-state index contributed by atoms with van der Waals surface area (Å²) in [5.74, 6) is 2.36. The molecule has 0 radical (unpaired) electrons. The number of oxazole rings is 1. The van der Waals surface area contributed by atoms with Crippen LogP contribution in [0.15, 0.2) is 52.9 Å². The number of benzene rings is 2. The van der Waals surface area contributed by atoms with Gasteiger partial charge in [0.25, 0.3) is 0 Å². The Hall–Kier alpha value is -2.24. The Morgan fingerprint density at radius 3 is 2.63 bits per heavy atom. The van der Waals surface area contributed by atoms with Crippen LogP contribution >= 0.6 is 23.4 Å². The summed E-state index contributed by atoms with van der Waals surface area (Å²) in [6, 6.07) is 15.6. The molecule has 1 heterocycles. The normalized spacial score (nSPS) is 10.8. The summed E-state index contributed by atoms with van der Waals surface area (Å²) in [5.41, 5.74) is 3.93. The molecule has 1 aromatic heterocycles. The van der Waals surface area contributed by atoms with Gasteiger partial charge in [-0.15, -0.1) is 11.8 Å². The number of aryl methyl sites for hydroxylation is 2. The highest BCUT2D eigenvalue weighted by Crippen LogP contribution is 2.24. The number of halogens is 1. The maximum atomic E-state index is 12.0. The Kier molecular flexibility index (Phi) is 6.58. The van der Waals surface area contributed by atoms with E-state index in [2.05, 4.69) is 10.3 Å². The number of amides is 1. The van der Waals surface area contributed by atoms with Gasteiger partial charge in [-0.2, -0.15) is 0 Å². The molecule has 0 aliphatic heterocycles. The zero-order valence-electron chi connectivity index (χ0n) is 15.3. The predicted molar refractivity (Wildman–Crippen MR) is 111 cm³/mol. The van der Waals surface area contributed by atoms with Gasteiger partial charge in [0.1, 0.15) is 5.76 Å². The molecule has 0 saturated heterocycles. The Labute approximate surface area is 168 Å². The first-order chi connectivity index (χ1) is 13.0. The Balaban J connectivity index is 1.49. The van der Waals surface area contributed by atoms with Crippen LogP contribution in [0.2, 0.25) is 5.02 Å². The van der Waals surface area contributed by atoms with Gasteiger partial charge in [0.15, 0.2) is 0 Å². The first-order valence-corrected chi connectivity index (χ1v) is 10.2. The van der Waals surface area contributed by atoms with Crippen LogP contribution in [0.4, 0.5) is 0 Å². The van der Waals surface area contributed by atoms with Crippen LogP contribution in [0, 0.1) is 13.8 Å². The zero-order chi connectivity index (χ0) is 19.2. The molecule has 140 valence electrons. The SMILES string of the molecule is Cc1ccc(-c2nc(CSCC(=O)NCc3ccccc3Cl)c(C)o2)cc1. The van der Waals surface area contributed by atoms with E-state index >= 15 is 0 Å². The van der Waals surface area contributed by atoms with Crippen LogP contribution in [-0.4, -0.2) is 16.6 Å². The third kappa shape index (κ3) is 5.37. The molecule has 0 aliphatic carbocycles. The monoisotopic (exact) mass is 400 g/mol. The first-order valence-electron chi connectivity index (χ1n) is 8.64. The van der Waals surface area contributed by atoms with Gasteiger partial charge in [0.2, 0.25) is 11.8 Å². The van der Waals surface area contributed by atoms with Crippen LogP contribution in [0.5, 0.6) is 0 Å². The van der Waals surface area contributed by atoms with Crippen LogP contribution < -0.4 is 5.32 Å². The van der Waals surface area contributed by atoms with Crippen LogP contribution in [-0.2, 0) is 17.1 Å². The maximum absolute atomic E-state index is 12.0. The van der Waals surface area contributed by atoms with Crippen molar-refractivity contribution in [3.63, 3.8) is 0 Å². The van der Waals surface area contributed by atoms with Crippen molar-refractivity contribution in [2.45, 2.75) is 26.1 Å². The molecule has 0 saturated carbocycles. The molecule has 1 N–H and O–H groups in total. The fourth-order valence-electron chi connectivity index (χ4n) is 2.51. The van der Waals surface area contributed by atoms with Crippen molar-refractivity contribution in [3.8, 4) is 11.5 Å². The number of nitrogens with one attached hydrogen (secondary N) is 1. The molecule has 27 heavy (non-hydrogen) atoms. The van der Waals surface area contributed by atoms with E-state index in [0.29, 0.717) is 29.0 Å². The lowest BCUT2D eigenvalue weighted by Crippen LogP contribution is -2.24. The second-order valence-electron chi connectivity index (χ2n) is 6.25. The average molecular weight is 401 g/mol. The number of hydrogen-bond donors (Lipinski definition) is 1. The minimum Gasteiger partial charge on any atom is -0.441 e. The van der Waals surface area contributed by atoms with Crippen molar-refractivity contribution < 1.29 is 9.21 Å². The van der Waals surface area contributed by atoms with E-state index in [1.54, 1.807) is 0 Å². The number of aromatic nitrogens is 1. The van der Waals surface area contributed by atoms with E-state index in [-0.39, 0.29) is 5.91 Å². The Morgan fingerprint density at radius 1 is 1.15 bits per heavy atom. The molecule has 0 spiro atoms. The number of carbonyl (C=O) groups excluding carboxylic acids is 1. The van der Waals surface area contributed by atoms with Crippen LogP contribution in [0.1, 0.15) is 22.6 Å². The van der Waals surface area contributed by atoms with Crippen LogP contribution in [0.25, 0.3) is 11.5 Å². The molecule has 4 nitrogen and oxygen atoms in total. The predicted octanol–water partition coefficient (Wildman–Crippen LogP) is 5.16. The van der Waals surface area contributed by atoms with Crippen molar-refractivity contribution in [2.75, 3.05) is 5.75 Å². The summed E-state index contributed by atoms with van der Waals surface area (Å²) >= 11 is 7.61. The van der Waals surface area contributed by atoms with E-state index in [1.165, 1.54) is 17.3 Å². The number of nitrogens with zero attached hydrogens (tertiary/aromatic N) is 1. The molecule has 0 bridgehead atoms. The lowest BCUT2D eigenvalue weighted by molar-refractivity contribution is -0.118. The highest BCUT2D eigenvalue weighted by atomic mass is 35.5. The fraction of sp³-hybridized carbons (Fsp3) is 0.238. The van der Waals surface area contributed by atoms with Crippen molar-refractivity contribution >= 4 is 29.3 Å². The number of rotatable bonds is 7.